The highest BCUT2D eigenvalue weighted by Crippen LogP contribution is 2.25. The van der Waals surface area contributed by atoms with Gasteiger partial charge in [0.05, 0.1) is 11.9 Å². The largest absolute Gasteiger partial charge is 0.478 e. The molecule has 0 aliphatic carbocycles. The second kappa shape index (κ2) is 4.93. The fraction of sp³-hybridized carbons (Fsp3) is 0.0909. The molecule has 2 N–H and O–H groups in total. The van der Waals surface area contributed by atoms with Crippen LogP contribution < -0.4 is 4.31 Å². The number of hydrogen-bond acceptors (Lipinski definition) is 4. The lowest BCUT2D eigenvalue weighted by atomic mass is 10.3. The summed E-state index contributed by atoms with van der Waals surface area (Å²) in [6.45, 7) is 0. The molecule has 0 aliphatic rings. The molecular formula is C11H10FN3O4S. The van der Waals surface area contributed by atoms with Gasteiger partial charge < -0.3 is 5.11 Å². The number of para-hydroxylation sites is 1. The van der Waals surface area contributed by atoms with Gasteiger partial charge in [-0.05, 0) is 12.1 Å². The van der Waals surface area contributed by atoms with Crippen molar-refractivity contribution in [3.63, 3.8) is 0 Å². The van der Waals surface area contributed by atoms with E-state index in [4.69, 9.17) is 5.11 Å². The van der Waals surface area contributed by atoms with E-state index in [1.165, 1.54) is 18.2 Å². The standard InChI is InChI=1S/C11H10FN3O4S/c1-15(9-5-3-2-4-8(9)12)20(18,19)10-7(11(16)17)6-13-14-10/h2-6H,1H3,(H,13,14)(H,16,17). The Bertz CT molecular complexity index is 757. The summed E-state index contributed by atoms with van der Waals surface area (Å²) in [5.41, 5.74) is -0.702. The molecule has 0 atom stereocenters. The summed E-state index contributed by atoms with van der Waals surface area (Å²) in [4.78, 5) is 10.9. The number of anilines is 1. The maximum Gasteiger partial charge on any atom is 0.340 e. The Morgan fingerprint density at radius 2 is 2.05 bits per heavy atom. The van der Waals surface area contributed by atoms with Gasteiger partial charge >= 0.3 is 5.97 Å². The second-order valence-electron chi connectivity index (χ2n) is 3.84. The third-order valence-corrected chi connectivity index (χ3v) is 4.39. The average Bonchev–Trinajstić information content (AvgIpc) is 2.88. The molecule has 1 aromatic heterocycles. The van der Waals surface area contributed by atoms with E-state index in [0.29, 0.717) is 4.31 Å². The van der Waals surface area contributed by atoms with Crippen LogP contribution >= 0.6 is 0 Å². The molecule has 2 aromatic rings. The number of aromatic amines is 1. The number of nitrogens with one attached hydrogen (secondary N) is 1. The SMILES string of the molecule is CN(c1ccccc1F)S(=O)(=O)c1[nH]ncc1C(=O)O. The molecule has 9 heteroatoms. The van der Waals surface area contributed by atoms with Gasteiger partial charge in [0.2, 0.25) is 0 Å². The van der Waals surface area contributed by atoms with Crippen LogP contribution in [-0.2, 0) is 10.0 Å². The van der Waals surface area contributed by atoms with Crippen LogP contribution in [0.15, 0.2) is 35.5 Å². The van der Waals surface area contributed by atoms with Gasteiger partial charge in [0, 0.05) is 7.05 Å². The molecule has 1 heterocycles. The molecule has 0 amide bonds. The van der Waals surface area contributed by atoms with Gasteiger partial charge in [-0.1, -0.05) is 12.1 Å². The van der Waals surface area contributed by atoms with E-state index < -0.39 is 32.4 Å². The molecule has 0 unspecified atom stereocenters. The highest BCUT2D eigenvalue weighted by atomic mass is 32.2. The van der Waals surface area contributed by atoms with Crippen molar-refractivity contribution in [2.45, 2.75) is 5.03 Å². The van der Waals surface area contributed by atoms with Gasteiger partial charge in [-0.3, -0.25) is 9.40 Å². The van der Waals surface area contributed by atoms with Crippen LogP contribution in [0.1, 0.15) is 10.4 Å². The average molecular weight is 299 g/mol. The van der Waals surface area contributed by atoms with Crippen molar-refractivity contribution in [2.24, 2.45) is 0 Å². The molecule has 0 saturated heterocycles. The molecule has 2 rings (SSSR count). The first-order valence-corrected chi connectivity index (χ1v) is 6.80. The quantitative estimate of drug-likeness (QED) is 0.879. The number of carbonyl (C=O) groups is 1. The molecular weight excluding hydrogens is 289 g/mol. The zero-order valence-electron chi connectivity index (χ0n) is 10.2. The number of benzene rings is 1. The lowest BCUT2D eigenvalue weighted by Crippen LogP contribution is -2.29. The predicted molar refractivity (Wildman–Crippen MR) is 67.5 cm³/mol. The van der Waals surface area contributed by atoms with Gasteiger partial charge in [-0.2, -0.15) is 13.5 Å². The molecule has 0 radical (unpaired) electrons. The first-order chi connectivity index (χ1) is 9.35. The van der Waals surface area contributed by atoms with Crippen molar-refractivity contribution in [1.29, 1.82) is 0 Å². The molecule has 0 saturated carbocycles. The van der Waals surface area contributed by atoms with Crippen LogP contribution in [0.3, 0.4) is 0 Å². The summed E-state index contributed by atoms with van der Waals surface area (Å²) in [7, 11) is -3.13. The number of sulfonamides is 1. The summed E-state index contributed by atoms with van der Waals surface area (Å²) in [6.07, 6.45) is 0.879. The molecule has 7 nitrogen and oxygen atoms in total. The fourth-order valence-corrected chi connectivity index (χ4v) is 2.86. The van der Waals surface area contributed by atoms with E-state index in [1.807, 2.05) is 0 Å². The summed E-state index contributed by atoms with van der Waals surface area (Å²) in [6, 6.07) is 5.25. The Labute approximate surface area is 113 Å². The van der Waals surface area contributed by atoms with Gasteiger partial charge in [0.15, 0.2) is 5.03 Å². The van der Waals surface area contributed by atoms with Crippen molar-refractivity contribution in [1.82, 2.24) is 10.2 Å². The minimum Gasteiger partial charge on any atom is -0.478 e. The Morgan fingerprint density at radius 1 is 1.40 bits per heavy atom. The van der Waals surface area contributed by atoms with Gasteiger partial charge in [-0.25, -0.2) is 9.18 Å². The Balaban J connectivity index is 2.53. The Morgan fingerprint density at radius 3 is 2.65 bits per heavy atom. The van der Waals surface area contributed by atoms with Crippen molar-refractivity contribution >= 4 is 21.7 Å². The summed E-state index contributed by atoms with van der Waals surface area (Å²) >= 11 is 0. The van der Waals surface area contributed by atoms with Crippen LogP contribution in [-0.4, -0.2) is 36.7 Å². The highest BCUT2D eigenvalue weighted by molar-refractivity contribution is 7.92. The molecule has 0 fully saturated rings. The van der Waals surface area contributed by atoms with Crippen molar-refractivity contribution in [3.8, 4) is 0 Å². The van der Waals surface area contributed by atoms with Crippen molar-refractivity contribution in [2.75, 3.05) is 11.4 Å². The van der Waals surface area contributed by atoms with E-state index in [0.717, 1.165) is 19.3 Å². The number of aromatic nitrogens is 2. The number of nitrogens with zero attached hydrogens (tertiary/aromatic N) is 2. The third kappa shape index (κ3) is 2.23. The second-order valence-corrected chi connectivity index (χ2v) is 5.75. The minimum atomic E-state index is -4.25. The van der Waals surface area contributed by atoms with E-state index >= 15 is 0 Å². The van der Waals surface area contributed by atoms with Crippen LogP contribution in [0.5, 0.6) is 0 Å². The van der Waals surface area contributed by atoms with E-state index in [-0.39, 0.29) is 5.69 Å². The third-order valence-electron chi connectivity index (χ3n) is 2.64. The molecule has 20 heavy (non-hydrogen) atoms. The monoisotopic (exact) mass is 299 g/mol. The zero-order chi connectivity index (χ0) is 14.9. The van der Waals surface area contributed by atoms with Gasteiger partial charge in [0.1, 0.15) is 11.4 Å². The summed E-state index contributed by atoms with van der Waals surface area (Å²) in [5.74, 6) is -2.19. The fourth-order valence-electron chi connectivity index (χ4n) is 1.60. The topological polar surface area (TPSA) is 103 Å². The van der Waals surface area contributed by atoms with Crippen LogP contribution in [0, 0.1) is 5.82 Å². The molecule has 0 aliphatic heterocycles. The molecule has 106 valence electrons. The highest BCUT2D eigenvalue weighted by Gasteiger charge is 2.30. The van der Waals surface area contributed by atoms with Gasteiger partial charge in [0.25, 0.3) is 10.0 Å². The maximum atomic E-state index is 13.6. The van der Waals surface area contributed by atoms with Crippen LogP contribution in [0.4, 0.5) is 10.1 Å². The number of rotatable bonds is 4. The van der Waals surface area contributed by atoms with E-state index in [1.54, 1.807) is 0 Å². The van der Waals surface area contributed by atoms with Crippen LogP contribution in [0.2, 0.25) is 0 Å². The molecule has 1 aromatic carbocycles. The summed E-state index contributed by atoms with van der Waals surface area (Å²) in [5, 5.41) is 13.8. The predicted octanol–water partition coefficient (Wildman–Crippen LogP) is 1.07. The number of halogens is 1. The van der Waals surface area contributed by atoms with Crippen LogP contribution in [0.25, 0.3) is 0 Å². The number of carboxylic acid groups (broad SMARTS) is 1. The first-order valence-electron chi connectivity index (χ1n) is 5.36. The number of aromatic carboxylic acids is 1. The Kier molecular flexibility index (Phi) is 3.45. The summed E-state index contributed by atoms with van der Waals surface area (Å²) < 4.78 is 38.9. The first kappa shape index (κ1) is 14.0. The number of hydrogen-bond donors (Lipinski definition) is 2. The van der Waals surface area contributed by atoms with Gasteiger partial charge in [-0.15, -0.1) is 0 Å². The smallest absolute Gasteiger partial charge is 0.340 e. The van der Waals surface area contributed by atoms with E-state index in [2.05, 4.69) is 10.2 Å². The lowest BCUT2D eigenvalue weighted by molar-refractivity contribution is 0.0692. The maximum absolute atomic E-state index is 13.6. The van der Waals surface area contributed by atoms with E-state index in [9.17, 15) is 17.6 Å². The lowest BCUT2D eigenvalue weighted by Gasteiger charge is -2.19. The zero-order valence-corrected chi connectivity index (χ0v) is 11.1. The Hall–Kier alpha value is -2.42. The molecule has 0 spiro atoms. The minimum absolute atomic E-state index is 0.196. The normalized spacial score (nSPS) is 11.3. The number of carboxylic acids is 1. The molecule has 0 bridgehead atoms. The van der Waals surface area contributed by atoms with Crippen molar-refractivity contribution < 1.29 is 22.7 Å². The number of H-pyrrole nitrogens is 1. The van der Waals surface area contributed by atoms with Crippen molar-refractivity contribution in [3.05, 3.63) is 41.8 Å².